The molecule has 10 heteroatoms. The number of benzene rings is 1. The molecule has 3 fully saturated rings. The van der Waals surface area contributed by atoms with Gasteiger partial charge in [0.25, 0.3) is 10.0 Å². The second-order valence-corrected chi connectivity index (χ2v) is 11.1. The number of hydrogen-bond acceptors (Lipinski definition) is 5. The quantitative estimate of drug-likeness (QED) is 0.647. The first-order valence-electron chi connectivity index (χ1n) is 10.8. The van der Waals surface area contributed by atoms with E-state index in [4.69, 9.17) is 11.6 Å². The van der Waals surface area contributed by atoms with E-state index in [0.717, 1.165) is 45.1 Å². The predicted molar refractivity (Wildman–Crippen MR) is 120 cm³/mol. The van der Waals surface area contributed by atoms with Crippen LogP contribution < -0.4 is 9.62 Å². The third kappa shape index (κ3) is 3.54. The topological polar surface area (TPSA) is 65.5 Å². The standard InChI is InChI=1S/C22H25ClF2N4O2S/c1-14-16(29-11-8-22(13-29)7-6-17(22)28-9-3-10-28)12-15(23)21(20(14)25)32(30,31)27-19-5-2-4-18(24)26-19/h2,4-5,12,17H,3,6-11,13H2,1H3,(H,26,27)/t17-,22-/m0/s1. The van der Waals surface area contributed by atoms with Crippen molar-refractivity contribution in [2.75, 3.05) is 35.8 Å². The molecule has 0 unspecified atom stereocenters. The molecule has 0 radical (unpaired) electrons. The van der Waals surface area contributed by atoms with Crippen LogP contribution >= 0.6 is 11.6 Å². The molecule has 1 aromatic carbocycles. The van der Waals surface area contributed by atoms with Gasteiger partial charge in [0.15, 0.2) is 0 Å². The molecular formula is C22H25ClF2N4O2S. The lowest BCUT2D eigenvalue weighted by Crippen LogP contribution is -2.60. The summed E-state index contributed by atoms with van der Waals surface area (Å²) in [7, 11) is -4.40. The zero-order chi connectivity index (χ0) is 22.7. The summed E-state index contributed by atoms with van der Waals surface area (Å²) >= 11 is 6.31. The lowest BCUT2D eigenvalue weighted by Gasteiger charge is -2.55. The van der Waals surface area contributed by atoms with Crippen molar-refractivity contribution in [2.45, 2.75) is 43.5 Å². The molecule has 2 aliphatic heterocycles. The molecule has 1 spiro atoms. The fraction of sp³-hybridized carbons (Fsp3) is 0.500. The minimum absolute atomic E-state index is 0.208. The maximum absolute atomic E-state index is 15.4. The molecule has 0 amide bonds. The van der Waals surface area contributed by atoms with Crippen LogP contribution in [-0.4, -0.2) is 50.5 Å². The highest BCUT2D eigenvalue weighted by atomic mass is 35.5. The summed E-state index contributed by atoms with van der Waals surface area (Å²) in [5.41, 5.74) is 1.09. The van der Waals surface area contributed by atoms with Gasteiger partial charge < -0.3 is 4.90 Å². The van der Waals surface area contributed by atoms with Crippen molar-refractivity contribution >= 4 is 33.1 Å². The maximum Gasteiger partial charge on any atom is 0.267 e. The second-order valence-electron chi connectivity index (χ2n) is 9.07. The van der Waals surface area contributed by atoms with E-state index in [-0.39, 0.29) is 21.8 Å². The van der Waals surface area contributed by atoms with Gasteiger partial charge in [-0.1, -0.05) is 17.7 Å². The molecule has 5 rings (SSSR count). The van der Waals surface area contributed by atoms with Gasteiger partial charge in [-0.15, -0.1) is 0 Å². The van der Waals surface area contributed by atoms with Crippen molar-refractivity contribution in [1.29, 1.82) is 0 Å². The molecule has 6 nitrogen and oxygen atoms in total. The largest absolute Gasteiger partial charge is 0.371 e. The van der Waals surface area contributed by atoms with Gasteiger partial charge in [0.05, 0.1) is 5.02 Å². The SMILES string of the molecule is Cc1c(N2CC[C@@]3(CC[C@@H]3N3CCC3)C2)cc(Cl)c(S(=O)(=O)Nc2cccc(F)n2)c1F. The van der Waals surface area contributed by atoms with Gasteiger partial charge in [0.1, 0.15) is 16.5 Å². The minimum atomic E-state index is -4.40. The molecule has 1 saturated carbocycles. The first-order valence-corrected chi connectivity index (χ1v) is 12.7. The Hall–Kier alpha value is -1.97. The molecular weight excluding hydrogens is 458 g/mol. The van der Waals surface area contributed by atoms with Crippen LogP contribution in [-0.2, 0) is 10.0 Å². The molecule has 3 aliphatic rings. The van der Waals surface area contributed by atoms with Crippen LogP contribution in [0.1, 0.15) is 31.2 Å². The van der Waals surface area contributed by atoms with Crippen molar-refractivity contribution in [3.8, 4) is 0 Å². The van der Waals surface area contributed by atoms with E-state index in [1.165, 1.54) is 31.0 Å². The van der Waals surface area contributed by atoms with Gasteiger partial charge >= 0.3 is 0 Å². The summed E-state index contributed by atoms with van der Waals surface area (Å²) in [5.74, 6) is -1.99. The number of likely N-dealkylation sites (tertiary alicyclic amines) is 1. The second kappa shape index (κ2) is 7.81. The number of nitrogens with zero attached hydrogens (tertiary/aromatic N) is 3. The number of aromatic nitrogens is 1. The number of rotatable bonds is 5. The average molecular weight is 483 g/mol. The van der Waals surface area contributed by atoms with Gasteiger partial charge in [0.2, 0.25) is 5.95 Å². The number of pyridine rings is 1. The summed E-state index contributed by atoms with van der Waals surface area (Å²) in [4.78, 5) is 7.51. The molecule has 0 bridgehead atoms. The zero-order valence-corrected chi connectivity index (χ0v) is 19.3. The molecule has 32 heavy (non-hydrogen) atoms. The van der Waals surface area contributed by atoms with Gasteiger partial charge in [-0.05, 0) is 63.9 Å². The monoisotopic (exact) mass is 482 g/mol. The molecule has 2 atom stereocenters. The van der Waals surface area contributed by atoms with E-state index in [1.807, 2.05) is 0 Å². The van der Waals surface area contributed by atoms with Gasteiger partial charge in [0, 0.05) is 35.8 Å². The molecule has 1 aromatic heterocycles. The lowest BCUT2D eigenvalue weighted by atomic mass is 9.62. The van der Waals surface area contributed by atoms with Crippen molar-refractivity contribution in [3.05, 3.63) is 46.6 Å². The molecule has 1 N–H and O–H groups in total. The Bertz CT molecular complexity index is 1170. The van der Waals surface area contributed by atoms with E-state index in [9.17, 15) is 12.8 Å². The van der Waals surface area contributed by atoms with Crippen LogP contribution in [0, 0.1) is 24.1 Å². The Kier molecular flexibility index (Phi) is 5.34. The minimum Gasteiger partial charge on any atom is -0.371 e. The van der Waals surface area contributed by atoms with Crippen LogP contribution in [0.3, 0.4) is 0 Å². The fourth-order valence-corrected chi connectivity index (χ4v) is 7.08. The smallest absolute Gasteiger partial charge is 0.267 e. The normalized spacial score (nSPS) is 25.6. The predicted octanol–water partition coefficient (Wildman–Crippen LogP) is 4.19. The number of halogens is 3. The Morgan fingerprint density at radius 2 is 2.00 bits per heavy atom. The Balaban J connectivity index is 1.42. The van der Waals surface area contributed by atoms with E-state index < -0.39 is 26.7 Å². The fourth-order valence-electron chi connectivity index (χ4n) is 5.39. The van der Waals surface area contributed by atoms with Gasteiger partial charge in [-0.2, -0.15) is 4.39 Å². The van der Waals surface area contributed by atoms with E-state index in [2.05, 4.69) is 19.5 Å². The summed E-state index contributed by atoms with van der Waals surface area (Å²) in [6, 6.07) is 5.80. The highest BCUT2D eigenvalue weighted by molar-refractivity contribution is 7.92. The number of hydrogen-bond donors (Lipinski definition) is 1. The van der Waals surface area contributed by atoms with E-state index >= 15 is 4.39 Å². The Labute approximate surface area is 191 Å². The number of anilines is 2. The van der Waals surface area contributed by atoms with Crippen LogP contribution in [0.5, 0.6) is 0 Å². The van der Waals surface area contributed by atoms with Crippen molar-refractivity contribution in [3.63, 3.8) is 0 Å². The van der Waals surface area contributed by atoms with Crippen LogP contribution in [0.4, 0.5) is 20.3 Å². The molecule has 3 heterocycles. The highest BCUT2D eigenvalue weighted by Gasteiger charge is 2.53. The summed E-state index contributed by atoms with van der Waals surface area (Å²) in [5, 5.41) is -0.208. The van der Waals surface area contributed by atoms with Crippen LogP contribution in [0.15, 0.2) is 29.2 Å². The van der Waals surface area contributed by atoms with Crippen molar-refractivity contribution in [1.82, 2.24) is 9.88 Å². The summed E-state index contributed by atoms with van der Waals surface area (Å²) in [6.45, 7) is 5.50. The molecule has 172 valence electrons. The van der Waals surface area contributed by atoms with Crippen molar-refractivity contribution < 1.29 is 17.2 Å². The van der Waals surface area contributed by atoms with Crippen LogP contribution in [0.2, 0.25) is 5.02 Å². The third-order valence-electron chi connectivity index (χ3n) is 7.30. The van der Waals surface area contributed by atoms with Crippen LogP contribution in [0.25, 0.3) is 0 Å². The summed E-state index contributed by atoms with van der Waals surface area (Å²) in [6.07, 6.45) is 4.67. The maximum atomic E-state index is 15.4. The Morgan fingerprint density at radius 1 is 1.22 bits per heavy atom. The van der Waals surface area contributed by atoms with E-state index in [1.54, 1.807) is 6.92 Å². The zero-order valence-electron chi connectivity index (χ0n) is 17.7. The van der Waals surface area contributed by atoms with Crippen molar-refractivity contribution in [2.24, 2.45) is 5.41 Å². The first-order chi connectivity index (χ1) is 15.2. The third-order valence-corrected chi connectivity index (χ3v) is 9.12. The van der Waals surface area contributed by atoms with Gasteiger partial charge in [-0.25, -0.2) is 17.8 Å². The van der Waals surface area contributed by atoms with E-state index in [0.29, 0.717) is 11.7 Å². The Morgan fingerprint density at radius 3 is 2.62 bits per heavy atom. The highest BCUT2D eigenvalue weighted by Crippen LogP contribution is 2.53. The number of sulfonamides is 1. The molecule has 2 saturated heterocycles. The first kappa shape index (κ1) is 21.9. The lowest BCUT2D eigenvalue weighted by molar-refractivity contribution is -0.0427. The summed E-state index contributed by atoms with van der Waals surface area (Å²) < 4.78 is 56.5. The van der Waals surface area contributed by atoms with Gasteiger partial charge in [-0.3, -0.25) is 9.62 Å². The average Bonchev–Trinajstić information content (AvgIpc) is 3.14. The number of nitrogens with one attached hydrogen (secondary N) is 1. The molecule has 2 aromatic rings. The molecule has 1 aliphatic carbocycles.